The van der Waals surface area contributed by atoms with Gasteiger partial charge in [-0.3, -0.25) is 0 Å². The highest BCUT2D eigenvalue weighted by Crippen LogP contribution is 2.24. The zero-order valence-corrected chi connectivity index (χ0v) is 9.94. The fourth-order valence-electron chi connectivity index (χ4n) is 1.26. The third kappa shape index (κ3) is 3.07. The topological polar surface area (TPSA) is 20.2 Å². The second kappa shape index (κ2) is 4.41. The lowest BCUT2D eigenvalue weighted by Gasteiger charge is -2.21. The van der Waals surface area contributed by atoms with E-state index >= 15 is 0 Å². The standard InChI is InChI=1S/C11H14BrFO/c1-11(2,7-14)6-8-3-4-10(13)9(12)5-8/h3-5,14H,6-7H2,1-2H3. The van der Waals surface area contributed by atoms with Crippen molar-refractivity contribution in [2.75, 3.05) is 6.61 Å². The molecule has 0 spiro atoms. The Balaban J connectivity index is 2.83. The third-order valence-corrected chi connectivity index (χ3v) is 2.70. The molecular weight excluding hydrogens is 247 g/mol. The van der Waals surface area contributed by atoms with Gasteiger partial charge < -0.3 is 5.11 Å². The van der Waals surface area contributed by atoms with Crippen LogP contribution in [0.4, 0.5) is 4.39 Å². The van der Waals surface area contributed by atoms with Crippen molar-refractivity contribution in [3.63, 3.8) is 0 Å². The van der Waals surface area contributed by atoms with Gasteiger partial charge in [0.05, 0.1) is 4.47 Å². The molecule has 0 saturated carbocycles. The highest BCUT2D eigenvalue weighted by Gasteiger charge is 2.17. The maximum atomic E-state index is 12.9. The number of aliphatic hydroxyl groups is 1. The van der Waals surface area contributed by atoms with Crippen molar-refractivity contribution in [2.45, 2.75) is 20.3 Å². The molecule has 1 aromatic carbocycles. The molecule has 1 nitrogen and oxygen atoms in total. The van der Waals surface area contributed by atoms with Crippen molar-refractivity contribution >= 4 is 15.9 Å². The number of halogens is 2. The molecule has 0 amide bonds. The number of hydrogen-bond donors (Lipinski definition) is 1. The molecule has 1 rings (SSSR count). The second-order valence-electron chi connectivity index (χ2n) is 4.25. The average molecular weight is 261 g/mol. The van der Waals surface area contributed by atoms with E-state index in [1.54, 1.807) is 12.1 Å². The Hall–Kier alpha value is -0.410. The Bertz CT molecular complexity index is 323. The quantitative estimate of drug-likeness (QED) is 0.886. The van der Waals surface area contributed by atoms with E-state index in [0.717, 1.165) is 12.0 Å². The summed E-state index contributed by atoms with van der Waals surface area (Å²) in [5.41, 5.74) is 0.870. The van der Waals surface area contributed by atoms with Gasteiger partial charge in [0.15, 0.2) is 0 Å². The first-order valence-electron chi connectivity index (χ1n) is 4.49. The van der Waals surface area contributed by atoms with Crippen molar-refractivity contribution in [3.8, 4) is 0 Å². The molecule has 0 aliphatic heterocycles. The summed E-state index contributed by atoms with van der Waals surface area (Å²) in [6.07, 6.45) is 0.738. The van der Waals surface area contributed by atoms with Gasteiger partial charge in [0.1, 0.15) is 5.82 Å². The number of hydrogen-bond acceptors (Lipinski definition) is 1. The summed E-state index contributed by atoms with van der Waals surface area (Å²) in [5, 5.41) is 9.09. The van der Waals surface area contributed by atoms with Crippen molar-refractivity contribution in [1.29, 1.82) is 0 Å². The molecule has 0 saturated heterocycles. The summed E-state index contributed by atoms with van der Waals surface area (Å²) in [6.45, 7) is 4.08. The van der Waals surface area contributed by atoms with Crippen LogP contribution in [0.15, 0.2) is 22.7 Å². The zero-order valence-electron chi connectivity index (χ0n) is 8.35. The van der Waals surface area contributed by atoms with Crippen LogP contribution in [0, 0.1) is 11.2 Å². The van der Waals surface area contributed by atoms with Crippen LogP contribution in [-0.4, -0.2) is 11.7 Å². The number of rotatable bonds is 3. The molecule has 0 atom stereocenters. The lowest BCUT2D eigenvalue weighted by Crippen LogP contribution is -2.19. The van der Waals surface area contributed by atoms with Crippen LogP contribution < -0.4 is 0 Å². The van der Waals surface area contributed by atoms with Crippen LogP contribution >= 0.6 is 15.9 Å². The molecule has 14 heavy (non-hydrogen) atoms. The van der Waals surface area contributed by atoms with Crippen LogP contribution in [0.3, 0.4) is 0 Å². The second-order valence-corrected chi connectivity index (χ2v) is 5.10. The fourth-order valence-corrected chi connectivity index (χ4v) is 1.68. The molecule has 1 aromatic rings. The summed E-state index contributed by atoms with van der Waals surface area (Å²) in [7, 11) is 0. The summed E-state index contributed by atoms with van der Waals surface area (Å²) < 4.78 is 13.4. The third-order valence-electron chi connectivity index (χ3n) is 2.09. The minimum absolute atomic E-state index is 0.127. The van der Waals surface area contributed by atoms with E-state index in [9.17, 15) is 4.39 Å². The SMILES string of the molecule is CC(C)(CO)Cc1ccc(F)c(Br)c1. The first-order chi connectivity index (χ1) is 6.44. The minimum Gasteiger partial charge on any atom is -0.396 e. The van der Waals surface area contributed by atoms with Crippen LogP contribution in [0.2, 0.25) is 0 Å². The largest absolute Gasteiger partial charge is 0.396 e. The van der Waals surface area contributed by atoms with Crippen LogP contribution in [0.25, 0.3) is 0 Å². The van der Waals surface area contributed by atoms with E-state index in [1.807, 2.05) is 13.8 Å². The molecule has 0 bridgehead atoms. The van der Waals surface area contributed by atoms with Gasteiger partial charge in [0.25, 0.3) is 0 Å². The van der Waals surface area contributed by atoms with Crippen molar-refractivity contribution in [3.05, 3.63) is 34.1 Å². The molecular formula is C11H14BrFO. The summed E-state index contributed by atoms with van der Waals surface area (Å²) >= 11 is 3.14. The fraction of sp³-hybridized carbons (Fsp3) is 0.455. The van der Waals surface area contributed by atoms with Crippen LogP contribution in [-0.2, 0) is 6.42 Å². The smallest absolute Gasteiger partial charge is 0.137 e. The predicted molar refractivity (Wildman–Crippen MR) is 58.7 cm³/mol. The van der Waals surface area contributed by atoms with E-state index < -0.39 is 0 Å². The van der Waals surface area contributed by atoms with E-state index in [1.165, 1.54) is 6.07 Å². The minimum atomic E-state index is -0.254. The molecule has 0 aromatic heterocycles. The van der Waals surface area contributed by atoms with Crippen molar-refractivity contribution in [1.82, 2.24) is 0 Å². The molecule has 1 N–H and O–H groups in total. The molecule has 3 heteroatoms. The Morgan fingerprint density at radius 1 is 1.43 bits per heavy atom. The van der Waals surface area contributed by atoms with Gasteiger partial charge in [0, 0.05) is 6.61 Å². The number of benzene rings is 1. The molecule has 0 aliphatic carbocycles. The molecule has 0 unspecified atom stereocenters. The van der Waals surface area contributed by atoms with Gasteiger partial charge in [0.2, 0.25) is 0 Å². The Kier molecular flexibility index (Phi) is 3.67. The van der Waals surface area contributed by atoms with E-state index in [0.29, 0.717) is 4.47 Å². The molecule has 0 radical (unpaired) electrons. The summed E-state index contributed by atoms with van der Waals surface area (Å²) in [4.78, 5) is 0. The predicted octanol–water partition coefficient (Wildman–Crippen LogP) is 3.15. The summed E-state index contributed by atoms with van der Waals surface area (Å²) in [6, 6.07) is 4.94. The molecule has 0 heterocycles. The van der Waals surface area contributed by atoms with Gasteiger partial charge >= 0.3 is 0 Å². The highest BCUT2D eigenvalue weighted by molar-refractivity contribution is 9.10. The zero-order chi connectivity index (χ0) is 10.8. The first kappa shape index (κ1) is 11.7. The monoisotopic (exact) mass is 260 g/mol. The Morgan fingerprint density at radius 3 is 2.57 bits per heavy atom. The average Bonchev–Trinajstić information content (AvgIpc) is 2.11. The molecule has 78 valence electrons. The van der Waals surface area contributed by atoms with Gasteiger partial charge in [-0.15, -0.1) is 0 Å². The van der Waals surface area contributed by atoms with Gasteiger partial charge in [-0.2, -0.15) is 0 Å². The lowest BCUT2D eigenvalue weighted by atomic mass is 9.87. The van der Waals surface area contributed by atoms with Crippen molar-refractivity contribution < 1.29 is 9.50 Å². The van der Waals surface area contributed by atoms with E-state index in [2.05, 4.69) is 15.9 Å². The normalized spacial score (nSPS) is 11.8. The number of aliphatic hydroxyl groups excluding tert-OH is 1. The van der Waals surface area contributed by atoms with Gasteiger partial charge in [-0.05, 0) is 45.5 Å². The van der Waals surface area contributed by atoms with E-state index in [-0.39, 0.29) is 17.8 Å². The first-order valence-corrected chi connectivity index (χ1v) is 5.29. The maximum Gasteiger partial charge on any atom is 0.137 e. The molecule has 0 fully saturated rings. The lowest BCUT2D eigenvalue weighted by molar-refractivity contribution is 0.159. The highest BCUT2D eigenvalue weighted by atomic mass is 79.9. The van der Waals surface area contributed by atoms with Gasteiger partial charge in [-0.1, -0.05) is 19.9 Å². The maximum absolute atomic E-state index is 12.9. The van der Waals surface area contributed by atoms with Crippen LogP contribution in [0.1, 0.15) is 19.4 Å². The van der Waals surface area contributed by atoms with Crippen LogP contribution in [0.5, 0.6) is 0 Å². The van der Waals surface area contributed by atoms with Crippen molar-refractivity contribution in [2.24, 2.45) is 5.41 Å². The Labute approximate surface area is 92.1 Å². The Morgan fingerprint density at radius 2 is 2.07 bits per heavy atom. The molecule has 0 aliphatic rings. The summed E-state index contributed by atoms with van der Waals surface area (Å²) in [5.74, 6) is -0.254. The van der Waals surface area contributed by atoms with E-state index in [4.69, 9.17) is 5.11 Å². The van der Waals surface area contributed by atoms with Gasteiger partial charge in [-0.25, -0.2) is 4.39 Å².